The fraction of sp³-hybridized carbons (Fsp3) is 0.533. The zero-order chi connectivity index (χ0) is 13.1. The predicted molar refractivity (Wildman–Crippen MR) is 77.6 cm³/mol. The maximum atomic E-state index is 5.70. The van der Waals surface area contributed by atoms with Crippen LogP contribution in [0.1, 0.15) is 36.2 Å². The topological polar surface area (TPSA) is 27.1 Å². The maximum Gasteiger partial charge on any atom is 0.0952 e. The second kappa shape index (κ2) is 5.88. The van der Waals surface area contributed by atoms with E-state index < -0.39 is 0 Å². The van der Waals surface area contributed by atoms with Gasteiger partial charge in [0.2, 0.25) is 0 Å². The van der Waals surface area contributed by atoms with Gasteiger partial charge in [-0.3, -0.25) is 0 Å². The first-order valence-corrected chi connectivity index (χ1v) is 7.89. The Morgan fingerprint density at radius 3 is 3.21 bits per heavy atom. The molecule has 1 aliphatic rings. The summed E-state index contributed by atoms with van der Waals surface area (Å²) in [5, 5.41) is 2.21. The summed E-state index contributed by atoms with van der Waals surface area (Å²) in [4.78, 5) is 5.71. The van der Waals surface area contributed by atoms with Crippen LogP contribution >= 0.6 is 11.3 Å². The van der Waals surface area contributed by atoms with Crippen LogP contribution in [0.15, 0.2) is 30.2 Å². The first kappa shape index (κ1) is 12.9. The second-order valence-electron chi connectivity index (χ2n) is 5.10. The molecule has 102 valence electrons. The summed E-state index contributed by atoms with van der Waals surface area (Å²) < 4.78 is 7.96. The first-order chi connectivity index (χ1) is 9.40. The largest absolute Gasteiger partial charge is 0.381 e. The Morgan fingerprint density at radius 2 is 2.53 bits per heavy atom. The van der Waals surface area contributed by atoms with Gasteiger partial charge in [0.05, 0.1) is 19.0 Å². The molecule has 2 atom stereocenters. The summed E-state index contributed by atoms with van der Waals surface area (Å²) in [5.41, 5.74) is 1.47. The van der Waals surface area contributed by atoms with Crippen molar-refractivity contribution in [2.45, 2.75) is 32.2 Å². The standard InChI is InChI=1S/C15H20N2OS/c1-2-12-5-9-19-15(12)14(17-7-6-16-11-17)13-4-3-8-18-10-13/h5-7,9,11,13-14H,2-4,8,10H2,1H3. The zero-order valence-corrected chi connectivity index (χ0v) is 12.1. The van der Waals surface area contributed by atoms with Gasteiger partial charge in [-0.05, 0) is 36.3 Å². The van der Waals surface area contributed by atoms with E-state index in [4.69, 9.17) is 4.74 Å². The third-order valence-electron chi connectivity index (χ3n) is 3.92. The minimum Gasteiger partial charge on any atom is -0.381 e. The van der Waals surface area contributed by atoms with Crippen LogP contribution in [0.5, 0.6) is 0 Å². The number of thiophene rings is 1. The molecule has 2 unspecified atom stereocenters. The van der Waals surface area contributed by atoms with Gasteiger partial charge in [0, 0.05) is 29.8 Å². The zero-order valence-electron chi connectivity index (χ0n) is 11.3. The number of hydrogen-bond acceptors (Lipinski definition) is 3. The van der Waals surface area contributed by atoms with E-state index in [0.29, 0.717) is 12.0 Å². The third-order valence-corrected chi connectivity index (χ3v) is 4.95. The van der Waals surface area contributed by atoms with Gasteiger partial charge in [-0.2, -0.15) is 0 Å². The molecule has 2 aromatic rings. The minimum absolute atomic E-state index is 0.387. The van der Waals surface area contributed by atoms with Gasteiger partial charge in [-0.25, -0.2) is 4.98 Å². The van der Waals surface area contributed by atoms with Crippen LogP contribution in [-0.4, -0.2) is 22.8 Å². The SMILES string of the molecule is CCc1ccsc1C(C1CCCOC1)n1ccnc1. The minimum atomic E-state index is 0.387. The Kier molecular flexibility index (Phi) is 3.99. The van der Waals surface area contributed by atoms with Gasteiger partial charge in [0.1, 0.15) is 0 Å². The molecule has 0 N–H and O–H groups in total. The highest BCUT2D eigenvalue weighted by molar-refractivity contribution is 7.10. The van der Waals surface area contributed by atoms with Gasteiger partial charge < -0.3 is 9.30 Å². The molecule has 1 aliphatic heterocycles. The smallest absolute Gasteiger partial charge is 0.0952 e. The van der Waals surface area contributed by atoms with E-state index in [1.807, 2.05) is 23.9 Å². The number of nitrogens with zero attached hydrogens (tertiary/aromatic N) is 2. The van der Waals surface area contributed by atoms with Gasteiger partial charge in [-0.1, -0.05) is 6.92 Å². The van der Waals surface area contributed by atoms with Crippen LogP contribution in [0.4, 0.5) is 0 Å². The molecule has 0 bridgehead atoms. The highest BCUT2D eigenvalue weighted by Gasteiger charge is 2.29. The number of aryl methyl sites for hydroxylation is 1. The number of aromatic nitrogens is 2. The summed E-state index contributed by atoms with van der Waals surface area (Å²) in [6.45, 7) is 4.01. The van der Waals surface area contributed by atoms with Crippen LogP contribution in [0.3, 0.4) is 0 Å². The molecule has 0 saturated carbocycles. The molecule has 0 aliphatic carbocycles. The monoisotopic (exact) mass is 276 g/mol. The van der Waals surface area contributed by atoms with Crippen LogP contribution < -0.4 is 0 Å². The van der Waals surface area contributed by atoms with Crippen molar-refractivity contribution in [1.29, 1.82) is 0 Å². The van der Waals surface area contributed by atoms with Crippen molar-refractivity contribution >= 4 is 11.3 Å². The van der Waals surface area contributed by atoms with E-state index in [9.17, 15) is 0 Å². The fourth-order valence-electron chi connectivity index (χ4n) is 2.94. The molecule has 3 nitrogen and oxygen atoms in total. The molecule has 3 heterocycles. The number of ether oxygens (including phenoxy) is 1. The van der Waals surface area contributed by atoms with E-state index >= 15 is 0 Å². The summed E-state index contributed by atoms with van der Waals surface area (Å²) in [7, 11) is 0. The van der Waals surface area contributed by atoms with Crippen molar-refractivity contribution in [2.75, 3.05) is 13.2 Å². The van der Waals surface area contributed by atoms with Crippen molar-refractivity contribution in [3.05, 3.63) is 40.6 Å². The van der Waals surface area contributed by atoms with E-state index in [-0.39, 0.29) is 0 Å². The molecule has 1 saturated heterocycles. The molecular formula is C15H20N2OS. The number of imidazole rings is 1. The number of hydrogen-bond donors (Lipinski definition) is 0. The van der Waals surface area contributed by atoms with E-state index in [1.165, 1.54) is 23.3 Å². The highest BCUT2D eigenvalue weighted by Crippen LogP contribution is 2.37. The predicted octanol–water partition coefficient (Wildman–Crippen LogP) is 3.52. The summed E-state index contributed by atoms with van der Waals surface area (Å²) in [6.07, 6.45) is 9.40. The lowest BCUT2D eigenvalue weighted by Crippen LogP contribution is -2.27. The van der Waals surface area contributed by atoms with Crippen LogP contribution in [-0.2, 0) is 11.2 Å². The molecule has 19 heavy (non-hydrogen) atoms. The second-order valence-corrected chi connectivity index (χ2v) is 6.04. The van der Waals surface area contributed by atoms with Crippen LogP contribution in [0.2, 0.25) is 0 Å². The fourth-order valence-corrected chi connectivity index (χ4v) is 4.14. The lowest BCUT2D eigenvalue weighted by molar-refractivity contribution is 0.0402. The molecule has 3 rings (SSSR count). The van der Waals surface area contributed by atoms with Gasteiger partial charge in [-0.15, -0.1) is 11.3 Å². The van der Waals surface area contributed by atoms with Crippen LogP contribution in [0.25, 0.3) is 0 Å². The summed E-state index contributed by atoms with van der Waals surface area (Å²) in [6, 6.07) is 2.64. The molecule has 2 aromatic heterocycles. The lowest BCUT2D eigenvalue weighted by Gasteiger charge is -2.31. The normalized spacial score (nSPS) is 21.4. The average molecular weight is 276 g/mol. The first-order valence-electron chi connectivity index (χ1n) is 7.01. The lowest BCUT2D eigenvalue weighted by atomic mass is 9.90. The molecule has 0 aromatic carbocycles. The summed E-state index contributed by atoms with van der Waals surface area (Å²) >= 11 is 1.87. The van der Waals surface area contributed by atoms with Crippen molar-refractivity contribution in [3.8, 4) is 0 Å². The van der Waals surface area contributed by atoms with Crippen LogP contribution in [0, 0.1) is 5.92 Å². The van der Waals surface area contributed by atoms with Gasteiger partial charge >= 0.3 is 0 Å². The van der Waals surface area contributed by atoms with E-state index in [1.54, 1.807) is 0 Å². The van der Waals surface area contributed by atoms with Crippen molar-refractivity contribution < 1.29 is 4.74 Å². The highest BCUT2D eigenvalue weighted by atomic mass is 32.1. The molecule has 0 amide bonds. The van der Waals surface area contributed by atoms with E-state index in [2.05, 4.69) is 34.1 Å². The Balaban J connectivity index is 1.96. The van der Waals surface area contributed by atoms with Gasteiger partial charge in [0.15, 0.2) is 0 Å². The Morgan fingerprint density at radius 1 is 1.58 bits per heavy atom. The quantitative estimate of drug-likeness (QED) is 0.854. The summed E-state index contributed by atoms with van der Waals surface area (Å²) in [5.74, 6) is 0.562. The van der Waals surface area contributed by atoms with Crippen molar-refractivity contribution in [1.82, 2.24) is 9.55 Å². The third kappa shape index (κ3) is 2.60. The van der Waals surface area contributed by atoms with Gasteiger partial charge in [0.25, 0.3) is 0 Å². The average Bonchev–Trinajstić information content (AvgIpc) is 3.12. The molecule has 1 fully saturated rings. The molecular weight excluding hydrogens is 256 g/mol. The number of rotatable bonds is 4. The molecule has 0 spiro atoms. The Bertz CT molecular complexity index is 500. The Labute approximate surface area is 118 Å². The van der Waals surface area contributed by atoms with Crippen molar-refractivity contribution in [2.24, 2.45) is 5.92 Å². The maximum absolute atomic E-state index is 5.70. The Hall–Kier alpha value is -1.13. The van der Waals surface area contributed by atoms with E-state index in [0.717, 1.165) is 19.6 Å². The molecule has 0 radical (unpaired) electrons. The van der Waals surface area contributed by atoms with Crippen molar-refractivity contribution in [3.63, 3.8) is 0 Å². The molecule has 4 heteroatoms.